The van der Waals surface area contributed by atoms with Crippen LogP contribution in [0.2, 0.25) is 0 Å². The molecule has 2 aliphatic rings. The standard InChI is InChI=1S/C18H23N3O2/c1-13-10-19-17(14-4-2-5-14)21(13)16-6-3-8-20(11-16)18(22)15-7-9-23-12-15/h7,9-10,12,14,16H,2-6,8,11H2,1H3. The van der Waals surface area contributed by atoms with Crippen molar-refractivity contribution in [2.75, 3.05) is 13.1 Å². The minimum Gasteiger partial charge on any atom is -0.472 e. The molecule has 0 N–H and O–H groups in total. The third-order valence-electron chi connectivity index (χ3n) is 5.30. The molecule has 1 unspecified atom stereocenters. The van der Waals surface area contributed by atoms with Crippen LogP contribution in [-0.2, 0) is 0 Å². The quantitative estimate of drug-likeness (QED) is 0.871. The molecule has 122 valence electrons. The van der Waals surface area contributed by atoms with Crippen LogP contribution in [0.5, 0.6) is 0 Å². The molecular weight excluding hydrogens is 290 g/mol. The lowest BCUT2D eigenvalue weighted by Gasteiger charge is -2.36. The molecule has 4 rings (SSSR count). The van der Waals surface area contributed by atoms with E-state index >= 15 is 0 Å². The summed E-state index contributed by atoms with van der Waals surface area (Å²) in [5.41, 5.74) is 1.86. The van der Waals surface area contributed by atoms with Gasteiger partial charge in [0.15, 0.2) is 0 Å². The molecular formula is C18H23N3O2. The molecule has 2 aromatic rings. The predicted molar refractivity (Wildman–Crippen MR) is 86.4 cm³/mol. The number of carbonyl (C=O) groups is 1. The Kier molecular flexibility index (Phi) is 3.71. The molecule has 5 heteroatoms. The second-order valence-electron chi connectivity index (χ2n) is 6.81. The van der Waals surface area contributed by atoms with Crippen LogP contribution in [0.3, 0.4) is 0 Å². The van der Waals surface area contributed by atoms with Gasteiger partial charge >= 0.3 is 0 Å². The number of aryl methyl sites for hydroxylation is 1. The molecule has 0 spiro atoms. The maximum atomic E-state index is 12.6. The Morgan fingerprint density at radius 3 is 2.87 bits per heavy atom. The van der Waals surface area contributed by atoms with E-state index in [1.807, 2.05) is 11.1 Å². The number of amides is 1. The number of furan rings is 1. The van der Waals surface area contributed by atoms with Crippen molar-refractivity contribution < 1.29 is 9.21 Å². The average Bonchev–Trinajstić information content (AvgIpc) is 3.15. The van der Waals surface area contributed by atoms with Gasteiger partial charge in [-0.25, -0.2) is 4.98 Å². The summed E-state index contributed by atoms with van der Waals surface area (Å²) in [6.45, 7) is 3.72. The first-order valence-corrected chi connectivity index (χ1v) is 8.59. The van der Waals surface area contributed by atoms with E-state index in [9.17, 15) is 4.79 Å². The number of likely N-dealkylation sites (tertiary alicyclic amines) is 1. The molecule has 23 heavy (non-hydrogen) atoms. The monoisotopic (exact) mass is 313 g/mol. The van der Waals surface area contributed by atoms with Crippen molar-refractivity contribution in [1.29, 1.82) is 0 Å². The lowest BCUT2D eigenvalue weighted by molar-refractivity contribution is 0.0674. The van der Waals surface area contributed by atoms with Crippen LogP contribution >= 0.6 is 0 Å². The zero-order valence-corrected chi connectivity index (χ0v) is 13.6. The molecule has 1 atom stereocenters. The Hall–Kier alpha value is -2.04. The summed E-state index contributed by atoms with van der Waals surface area (Å²) >= 11 is 0. The van der Waals surface area contributed by atoms with E-state index < -0.39 is 0 Å². The molecule has 0 aromatic carbocycles. The Morgan fingerprint density at radius 1 is 1.30 bits per heavy atom. The normalized spacial score (nSPS) is 22.1. The summed E-state index contributed by atoms with van der Waals surface area (Å²) in [5, 5.41) is 0. The van der Waals surface area contributed by atoms with Crippen LogP contribution in [0.1, 0.15) is 65.9 Å². The van der Waals surface area contributed by atoms with E-state index in [0.29, 0.717) is 17.5 Å². The number of piperidine rings is 1. The number of hydrogen-bond donors (Lipinski definition) is 0. The maximum Gasteiger partial charge on any atom is 0.257 e. The first-order chi connectivity index (χ1) is 11.2. The van der Waals surface area contributed by atoms with Crippen LogP contribution in [0.4, 0.5) is 0 Å². The van der Waals surface area contributed by atoms with Gasteiger partial charge in [0.05, 0.1) is 17.9 Å². The van der Waals surface area contributed by atoms with Gasteiger partial charge in [-0.2, -0.15) is 0 Å². The SMILES string of the molecule is Cc1cnc(C2CCC2)n1C1CCCN(C(=O)c2ccoc2)C1. The molecule has 1 aliphatic heterocycles. The number of hydrogen-bond acceptors (Lipinski definition) is 3. The van der Waals surface area contributed by atoms with Crippen molar-refractivity contribution in [3.8, 4) is 0 Å². The smallest absolute Gasteiger partial charge is 0.257 e. The number of carbonyl (C=O) groups excluding carboxylic acids is 1. The van der Waals surface area contributed by atoms with Crippen molar-refractivity contribution in [3.05, 3.63) is 41.9 Å². The molecule has 2 fully saturated rings. The third-order valence-corrected chi connectivity index (χ3v) is 5.30. The van der Waals surface area contributed by atoms with E-state index in [2.05, 4.69) is 16.5 Å². The van der Waals surface area contributed by atoms with Gasteiger partial charge < -0.3 is 13.9 Å². The summed E-state index contributed by atoms with van der Waals surface area (Å²) < 4.78 is 7.46. The summed E-state index contributed by atoms with van der Waals surface area (Å²) in [6, 6.07) is 2.09. The molecule has 1 saturated heterocycles. The van der Waals surface area contributed by atoms with E-state index in [-0.39, 0.29) is 5.91 Å². The lowest BCUT2D eigenvalue weighted by atomic mass is 9.84. The van der Waals surface area contributed by atoms with E-state index in [4.69, 9.17) is 4.42 Å². The first-order valence-electron chi connectivity index (χ1n) is 8.59. The van der Waals surface area contributed by atoms with Crippen molar-refractivity contribution in [2.45, 2.75) is 51.0 Å². The Balaban J connectivity index is 1.56. The van der Waals surface area contributed by atoms with Gasteiger partial charge in [-0.05, 0) is 38.7 Å². The van der Waals surface area contributed by atoms with Crippen LogP contribution in [0, 0.1) is 6.92 Å². The zero-order valence-electron chi connectivity index (χ0n) is 13.6. The summed E-state index contributed by atoms with van der Waals surface area (Å²) in [6.07, 6.45) is 11.1. The van der Waals surface area contributed by atoms with Crippen LogP contribution < -0.4 is 0 Å². The van der Waals surface area contributed by atoms with Crippen molar-refractivity contribution >= 4 is 5.91 Å². The fraction of sp³-hybridized carbons (Fsp3) is 0.556. The highest BCUT2D eigenvalue weighted by atomic mass is 16.3. The highest BCUT2D eigenvalue weighted by Crippen LogP contribution is 2.38. The molecule has 1 saturated carbocycles. The number of rotatable bonds is 3. The largest absolute Gasteiger partial charge is 0.472 e. The summed E-state index contributed by atoms with van der Waals surface area (Å²) in [5.74, 6) is 1.92. The molecule has 3 heterocycles. The van der Waals surface area contributed by atoms with Gasteiger partial charge in [0, 0.05) is 30.9 Å². The fourth-order valence-corrected chi connectivity index (χ4v) is 3.83. The van der Waals surface area contributed by atoms with Gasteiger partial charge in [0.1, 0.15) is 12.1 Å². The van der Waals surface area contributed by atoms with Crippen molar-refractivity contribution in [3.63, 3.8) is 0 Å². The highest BCUT2D eigenvalue weighted by Gasteiger charge is 2.31. The molecule has 0 radical (unpaired) electrons. The van der Waals surface area contributed by atoms with Crippen molar-refractivity contribution in [2.24, 2.45) is 0 Å². The van der Waals surface area contributed by atoms with Gasteiger partial charge in [-0.3, -0.25) is 4.79 Å². The van der Waals surface area contributed by atoms with E-state index in [1.54, 1.807) is 12.3 Å². The second kappa shape index (κ2) is 5.87. The van der Waals surface area contributed by atoms with Gasteiger partial charge in [-0.15, -0.1) is 0 Å². The predicted octanol–water partition coefficient (Wildman–Crippen LogP) is 3.53. The topological polar surface area (TPSA) is 51.3 Å². The minimum absolute atomic E-state index is 0.0754. The molecule has 5 nitrogen and oxygen atoms in total. The highest BCUT2D eigenvalue weighted by molar-refractivity contribution is 5.93. The Morgan fingerprint density at radius 2 is 2.17 bits per heavy atom. The third kappa shape index (κ3) is 2.58. The van der Waals surface area contributed by atoms with Crippen LogP contribution in [0.25, 0.3) is 0 Å². The van der Waals surface area contributed by atoms with Crippen LogP contribution in [0.15, 0.2) is 29.2 Å². The van der Waals surface area contributed by atoms with Gasteiger partial charge in [-0.1, -0.05) is 6.42 Å². The summed E-state index contributed by atoms with van der Waals surface area (Å²) in [4.78, 5) is 19.2. The van der Waals surface area contributed by atoms with Gasteiger partial charge in [0.25, 0.3) is 5.91 Å². The van der Waals surface area contributed by atoms with E-state index in [0.717, 1.165) is 25.9 Å². The average molecular weight is 313 g/mol. The second-order valence-corrected chi connectivity index (χ2v) is 6.81. The fourth-order valence-electron chi connectivity index (χ4n) is 3.83. The first kappa shape index (κ1) is 14.5. The minimum atomic E-state index is 0.0754. The summed E-state index contributed by atoms with van der Waals surface area (Å²) in [7, 11) is 0. The Labute approximate surface area is 136 Å². The van der Waals surface area contributed by atoms with Gasteiger partial charge in [0.2, 0.25) is 0 Å². The van der Waals surface area contributed by atoms with E-state index in [1.165, 1.54) is 37.0 Å². The zero-order chi connectivity index (χ0) is 15.8. The molecule has 2 aromatic heterocycles. The number of imidazole rings is 1. The Bertz CT molecular complexity index is 685. The molecule has 0 bridgehead atoms. The molecule has 1 amide bonds. The molecule has 1 aliphatic carbocycles. The lowest BCUT2D eigenvalue weighted by Crippen LogP contribution is -2.41. The maximum absolute atomic E-state index is 12.6. The number of aromatic nitrogens is 2. The number of nitrogens with zero attached hydrogens (tertiary/aromatic N) is 3. The van der Waals surface area contributed by atoms with Crippen LogP contribution in [-0.4, -0.2) is 33.4 Å². The van der Waals surface area contributed by atoms with Crippen molar-refractivity contribution in [1.82, 2.24) is 14.5 Å².